The smallest absolute Gasteiger partial charge is 0.246 e. The number of methoxy groups -OCH3 is 1. The van der Waals surface area contributed by atoms with Gasteiger partial charge in [-0.1, -0.05) is 15.9 Å². The molecule has 1 aromatic rings. The van der Waals surface area contributed by atoms with Crippen LogP contribution in [-0.2, 0) is 9.53 Å². The van der Waals surface area contributed by atoms with Gasteiger partial charge in [0, 0.05) is 43.4 Å². The van der Waals surface area contributed by atoms with Crippen molar-refractivity contribution in [1.82, 2.24) is 4.90 Å². The molecule has 0 saturated carbocycles. The summed E-state index contributed by atoms with van der Waals surface area (Å²) < 4.78 is 19.1. The minimum absolute atomic E-state index is 0.157. The number of ether oxygens (including phenoxy) is 1. The number of halogens is 2. The Morgan fingerprint density at radius 2 is 2.26 bits per heavy atom. The van der Waals surface area contributed by atoms with E-state index in [4.69, 9.17) is 4.74 Å². The summed E-state index contributed by atoms with van der Waals surface area (Å²) in [5, 5.41) is 0. The van der Waals surface area contributed by atoms with Gasteiger partial charge >= 0.3 is 0 Å². The molecule has 0 aliphatic rings. The Kier molecular flexibility index (Phi) is 6.73. The average Bonchev–Trinajstić information content (AvgIpc) is 2.39. The van der Waals surface area contributed by atoms with E-state index in [0.29, 0.717) is 18.7 Å². The molecule has 0 heterocycles. The maximum Gasteiger partial charge on any atom is 0.246 e. The van der Waals surface area contributed by atoms with Crippen molar-refractivity contribution < 1.29 is 13.9 Å². The number of benzene rings is 1. The molecule has 0 bridgehead atoms. The van der Waals surface area contributed by atoms with Crippen LogP contribution in [0, 0.1) is 5.82 Å². The lowest BCUT2D eigenvalue weighted by Gasteiger charge is -2.14. The molecule has 0 saturated heterocycles. The van der Waals surface area contributed by atoms with Crippen molar-refractivity contribution in [2.75, 3.05) is 27.3 Å². The van der Waals surface area contributed by atoms with Crippen molar-refractivity contribution in [3.63, 3.8) is 0 Å². The normalized spacial score (nSPS) is 10.9. The zero-order valence-corrected chi connectivity index (χ0v) is 12.6. The fraction of sp³-hybridized carbons (Fsp3) is 0.357. The Bertz CT molecular complexity index is 463. The molecule has 0 N–H and O–H groups in total. The van der Waals surface area contributed by atoms with Crippen LogP contribution in [0.15, 0.2) is 28.7 Å². The average molecular weight is 330 g/mol. The van der Waals surface area contributed by atoms with Gasteiger partial charge in [-0.05, 0) is 30.7 Å². The van der Waals surface area contributed by atoms with Crippen LogP contribution in [0.3, 0.4) is 0 Å². The summed E-state index contributed by atoms with van der Waals surface area (Å²) in [6.07, 6.45) is 3.63. The van der Waals surface area contributed by atoms with Crippen molar-refractivity contribution in [2.45, 2.75) is 6.42 Å². The highest BCUT2D eigenvalue weighted by molar-refractivity contribution is 9.10. The van der Waals surface area contributed by atoms with Crippen LogP contribution in [0.5, 0.6) is 0 Å². The lowest BCUT2D eigenvalue weighted by molar-refractivity contribution is -0.124. The summed E-state index contributed by atoms with van der Waals surface area (Å²) in [7, 11) is 3.33. The van der Waals surface area contributed by atoms with Gasteiger partial charge in [0.25, 0.3) is 0 Å². The van der Waals surface area contributed by atoms with Crippen LogP contribution in [0.1, 0.15) is 12.0 Å². The van der Waals surface area contributed by atoms with Crippen LogP contribution in [-0.4, -0.2) is 38.1 Å². The van der Waals surface area contributed by atoms with Gasteiger partial charge in [0.05, 0.1) is 0 Å². The molecular formula is C14H17BrFNO2. The first-order valence-electron chi connectivity index (χ1n) is 5.91. The zero-order valence-electron chi connectivity index (χ0n) is 11.0. The topological polar surface area (TPSA) is 29.5 Å². The summed E-state index contributed by atoms with van der Waals surface area (Å²) in [5.41, 5.74) is 0.382. The number of nitrogens with zero attached hydrogens (tertiary/aromatic N) is 1. The Morgan fingerprint density at radius 1 is 1.53 bits per heavy atom. The summed E-state index contributed by atoms with van der Waals surface area (Å²) in [5.74, 6) is -0.509. The quantitative estimate of drug-likeness (QED) is 0.593. The first-order chi connectivity index (χ1) is 9.04. The molecule has 0 aliphatic carbocycles. The highest BCUT2D eigenvalue weighted by Gasteiger charge is 2.05. The van der Waals surface area contributed by atoms with Crippen LogP contribution in [0.4, 0.5) is 4.39 Å². The van der Waals surface area contributed by atoms with E-state index in [0.717, 1.165) is 10.9 Å². The Hall–Kier alpha value is -1.20. The standard InChI is InChI=1S/C14H17BrFNO2/c1-17(8-3-9-19-2)14(18)7-4-11-10-12(15)5-6-13(11)16/h4-7,10H,3,8-9H2,1-2H3/b7-4+. The van der Waals surface area contributed by atoms with Gasteiger partial charge in [0.2, 0.25) is 5.91 Å². The van der Waals surface area contributed by atoms with Crippen LogP contribution in [0.25, 0.3) is 6.08 Å². The lowest BCUT2D eigenvalue weighted by atomic mass is 10.2. The number of carbonyl (C=O) groups is 1. The van der Waals surface area contributed by atoms with Gasteiger partial charge in [-0.3, -0.25) is 4.79 Å². The van der Waals surface area contributed by atoms with Gasteiger partial charge in [0.15, 0.2) is 0 Å². The van der Waals surface area contributed by atoms with Crippen molar-refractivity contribution in [3.8, 4) is 0 Å². The van der Waals surface area contributed by atoms with Crippen LogP contribution >= 0.6 is 15.9 Å². The molecule has 1 amide bonds. The van der Waals surface area contributed by atoms with E-state index >= 15 is 0 Å². The molecule has 0 unspecified atom stereocenters. The van der Waals surface area contributed by atoms with Crippen LogP contribution in [0.2, 0.25) is 0 Å². The Balaban J connectivity index is 2.60. The summed E-state index contributed by atoms with van der Waals surface area (Å²) in [6, 6.07) is 4.60. The van der Waals surface area contributed by atoms with Gasteiger partial charge in [0.1, 0.15) is 5.82 Å². The fourth-order valence-corrected chi connectivity index (χ4v) is 1.87. The zero-order chi connectivity index (χ0) is 14.3. The first-order valence-corrected chi connectivity index (χ1v) is 6.71. The molecule has 0 atom stereocenters. The minimum atomic E-state index is -0.353. The molecule has 3 nitrogen and oxygen atoms in total. The van der Waals surface area contributed by atoms with E-state index in [1.807, 2.05) is 0 Å². The second kappa shape index (κ2) is 8.07. The van der Waals surface area contributed by atoms with Crippen LogP contribution < -0.4 is 0 Å². The van der Waals surface area contributed by atoms with E-state index in [1.54, 1.807) is 31.2 Å². The number of carbonyl (C=O) groups excluding carboxylic acids is 1. The molecule has 104 valence electrons. The fourth-order valence-electron chi connectivity index (χ4n) is 1.49. The maximum atomic E-state index is 13.5. The van der Waals surface area contributed by atoms with Gasteiger partial charge in [-0.15, -0.1) is 0 Å². The number of likely N-dealkylation sites (N-methyl/N-ethyl adjacent to an activating group) is 1. The molecule has 19 heavy (non-hydrogen) atoms. The van der Waals surface area contributed by atoms with E-state index in [9.17, 15) is 9.18 Å². The molecule has 1 aromatic carbocycles. The molecule has 0 aliphatic heterocycles. The predicted octanol–water partition coefficient (Wildman–Crippen LogP) is 3.10. The second-order valence-electron chi connectivity index (χ2n) is 4.11. The monoisotopic (exact) mass is 329 g/mol. The maximum absolute atomic E-state index is 13.5. The van der Waals surface area contributed by atoms with E-state index < -0.39 is 0 Å². The number of hydrogen-bond donors (Lipinski definition) is 0. The Morgan fingerprint density at radius 3 is 2.95 bits per heavy atom. The third-order valence-electron chi connectivity index (χ3n) is 2.58. The van der Waals surface area contributed by atoms with Crippen molar-refractivity contribution in [2.24, 2.45) is 0 Å². The molecule has 0 aromatic heterocycles. The summed E-state index contributed by atoms with van der Waals surface area (Å²) in [6.45, 7) is 1.22. The van der Waals surface area contributed by atoms with E-state index in [-0.39, 0.29) is 11.7 Å². The van der Waals surface area contributed by atoms with Gasteiger partial charge in [-0.25, -0.2) is 4.39 Å². The summed E-state index contributed by atoms with van der Waals surface area (Å²) >= 11 is 3.26. The SMILES string of the molecule is COCCCN(C)C(=O)/C=C/c1cc(Br)ccc1F. The minimum Gasteiger partial charge on any atom is -0.385 e. The van der Waals surface area contributed by atoms with Crippen molar-refractivity contribution >= 4 is 27.9 Å². The van der Waals surface area contributed by atoms with E-state index in [1.165, 1.54) is 18.2 Å². The number of hydrogen-bond acceptors (Lipinski definition) is 2. The highest BCUT2D eigenvalue weighted by Crippen LogP contribution is 2.16. The molecule has 5 heteroatoms. The highest BCUT2D eigenvalue weighted by atomic mass is 79.9. The van der Waals surface area contributed by atoms with Crippen molar-refractivity contribution in [1.29, 1.82) is 0 Å². The predicted molar refractivity (Wildman–Crippen MR) is 77.3 cm³/mol. The molecule has 0 spiro atoms. The lowest BCUT2D eigenvalue weighted by Crippen LogP contribution is -2.26. The number of rotatable bonds is 6. The third-order valence-corrected chi connectivity index (χ3v) is 3.07. The van der Waals surface area contributed by atoms with Crippen molar-refractivity contribution in [3.05, 3.63) is 40.1 Å². The second-order valence-corrected chi connectivity index (χ2v) is 5.02. The third kappa shape index (κ3) is 5.53. The molecule has 0 fully saturated rings. The van der Waals surface area contributed by atoms with Gasteiger partial charge in [-0.2, -0.15) is 0 Å². The molecule has 1 rings (SSSR count). The van der Waals surface area contributed by atoms with Gasteiger partial charge < -0.3 is 9.64 Å². The first kappa shape index (κ1) is 15.9. The summed E-state index contributed by atoms with van der Waals surface area (Å²) in [4.78, 5) is 13.3. The number of amides is 1. The molecular weight excluding hydrogens is 313 g/mol. The molecule has 0 radical (unpaired) electrons. The van der Waals surface area contributed by atoms with E-state index in [2.05, 4.69) is 15.9 Å². The Labute approximate surface area is 121 Å². The largest absolute Gasteiger partial charge is 0.385 e.